The Balaban J connectivity index is 0.000000135. The molecule has 2 aromatic heterocycles. The highest BCUT2D eigenvalue weighted by Crippen LogP contribution is 2.39. The Labute approximate surface area is 294 Å². The Hall–Kier alpha value is -3.91. The zero-order valence-corrected chi connectivity index (χ0v) is 29.6. The molecule has 0 bridgehead atoms. The van der Waals surface area contributed by atoms with Gasteiger partial charge in [-0.15, -0.1) is 0 Å². The maximum absolute atomic E-state index is 3.59. The first-order chi connectivity index (χ1) is 22.0. The first-order valence-corrected chi connectivity index (χ1v) is 17.2. The van der Waals surface area contributed by atoms with Gasteiger partial charge in [0, 0.05) is 45.6 Å². The fraction of sp³-hybridized carbons (Fsp3) is 0. The van der Waals surface area contributed by atoms with Crippen molar-refractivity contribution in [3.8, 4) is 33.6 Å². The zero-order chi connectivity index (χ0) is 31.0. The summed E-state index contributed by atoms with van der Waals surface area (Å²) in [6, 6.07) is 56.4. The Kier molecular flexibility index (Phi) is 10.3. The lowest BCUT2D eigenvalue weighted by molar-refractivity contribution is 1.45. The van der Waals surface area contributed by atoms with Gasteiger partial charge in [-0.2, -0.15) is 0 Å². The van der Waals surface area contributed by atoms with Crippen LogP contribution in [0.25, 0.3) is 55.4 Å². The number of aromatic amines is 2. The first-order valence-electron chi connectivity index (χ1n) is 14.5. The minimum absolute atomic E-state index is 1.09. The van der Waals surface area contributed by atoms with Crippen LogP contribution in [0.3, 0.4) is 0 Å². The molecular weight excluding hydrogens is 795 g/mol. The average molecular weight is 824 g/mol. The van der Waals surface area contributed by atoms with E-state index in [0.29, 0.717) is 0 Å². The number of nitrogens with one attached hydrogen (secondary N) is 2. The fourth-order valence-electron chi connectivity index (χ4n) is 5.18. The summed E-state index contributed by atoms with van der Waals surface area (Å²) in [4.78, 5) is 7.00. The lowest BCUT2D eigenvalue weighted by atomic mass is 9.98. The van der Waals surface area contributed by atoms with Crippen LogP contribution in [-0.2, 0) is 0 Å². The Morgan fingerprint density at radius 3 is 1.53 bits per heavy atom. The summed E-state index contributed by atoms with van der Waals surface area (Å²) in [6.45, 7) is 0. The van der Waals surface area contributed by atoms with Crippen molar-refractivity contribution in [1.29, 1.82) is 0 Å². The van der Waals surface area contributed by atoms with Crippen LogP contribution in [0.5, 0.6) is 0 Å². The van der Waals surface area contributed by atoms with Crippen molar-refractivity contribution >= 4 is 76.3 Å². The monoisotopic (exact) mass is 822 g/mol. The van der Waals surface area contributed by atoms with Gasteiger partial charge in [0.1, 0.15) is 0 Å². The Morgan fingerprint density at radius 2 is 0.956 bits per heavy atom. The minimum Gasteiger partial charge on any atom is -0.355 e. The van der Waals surface area contributed by atoms with E-state index in [1.165, 1.54) is 47.8 Å². The van der Waals surface area contributed by atoms with E-state index < -0.39 is 0 Å². The van der Waals surface area contributed by atoms with Crippen molar-refractivity contribution in [2.45, 2.75) is 0 Å². The van der Waals surface area contributed by atoms with E-state index in [1.807, 2.05) is 36.4 Å². The molecule has 2 N–H and O–H groups in total. The normalized spacial score (nSPS) is 10.6. The minimum atomic E-state index is 1.09. The Bertz CT molecular complexity index is 2120. The molecule has 0 atom stereocenters. The quantitative estimate of drug-likeness (QED) is 0.166. The molecule has 0 amide bonds. The summed E-state index contributed by atoms with van der Waals surface area (Å²) >= 11 is 9.35. The van der Waals surface area contributed by atoms with E-state index in [4.69, 9.17) is 0 Å². The SMILES string of the molecule is Brc1ccc2[nH]c(-c3ccccc3)c(-c3ccccc3)c2c1.Brc1ccc2[nH]c(-c3ccccc3)cc2c1.Ic1ccccc1. The summed E-state index contributed by atoms with van der Waals surface area (Å²) in [5.41, 5.74) is 9.55. The van der Waals surface area contributed by atoms with E-state index >= 15 is 0 Å². The largest absolute Gasteiger partial charge is 0.355 e. The van der Waals surface area contributed by atoms with Crippen LogP contribution in [0.15, 0.2) is 173 Å². The molecule has 0 saturated carbocycles. The van der Waals surface area contributed by atoms with Gasteiger partial charge in [-0.1, -0.05) is 141 Å². The lowest BCUT2D eigenvalue weighted by Crippen LogP contribution is -1.82. The van der Waals surface area contributed by atoms with Crippen molar-refractivity contribution < 1.29 is 0 Å². The molecule has 0 radical (unpaired) electrons. The van der Waals surface area contributed by atoms with Crippen LogP contribution in [0, 0.1) is 3.57 Å². The fourth-order valence-corrected chi connectivity index (χ4v) is 6.34. The highest BCUT2D eigenvalue weighted by molar-refractivity contribution is 14.1. The third-order valence-corrected chi connectivity index (χ3v) is 8.99. The molecule has 0 aliphatic heterocycles. The maximum atomic E-state index is 3.59. The van der Waals surface area contributed by atoms with Gasteiger partial charge in [0.2, 0.25) is 0 Å². The van der Waals surface area contributed by atoms with Gasteiger partial charge in [-0.05, 0) is 93.9 Å². The standard InChI is InChI=1S/C20H14BrN.C14H10BrN.C6H5I/c21-16-11-12-18-17(13-16)19(14-7-3-1-4-8-14)20(22-18)15-9-5-2-6-10-15;15-12-6-7-13-11(8-12)9-14(16-13)10-4-2-1-3-5-10;7-6-4-2-1-3-5-6/h1-13,22H;1-9,16H;1-5H. The van der Waals surface area contributed by atoms with Crippen LogP contribution in [0.1, 0.15) is 0 Å². The second-order valence-electron chi connectivity index (χ2n) is 10.4. The number of aromatic nitrogens is 2. The summed E-state index contributed by atoms with van der Waals surface area (Å²) < 4.78 is 3.49. The topological polar surface area (TPSA) is 31.6 Å². The van der Waals surface area contributed by atoms with E-state index in [-0.39, 0.29) is 0 Å². The lowest BCUT2D eigenvalue weighted by Gasteiger charge is -2.05. The molecule has 2 heterocycles. The smallest absolute Gasteiger partial charge is 0.0544 e. The van der Waals surface area contributed by atoms with E-state index in [2.05, 4.69) is 192 Å². The van der Waals surface area contributed by atoms with Gasteiger partial charge in [-0.3, -0.25) is 0 Å². The molecule has 5 heteroatoms. The van der Waals surface area contributed by atoms with Crippen LogP contribution in [-0.4, -0.2) is 9.97 Å². The molecule has 0 unspecified atom stereocenters. The van der Waals surface area contributed by atoms with E-state index in [0.717, 1.165) is 20.2 Å². The average Bonchev–Trinajstić information content (AvgIpc) is 3.68. The van der Waals surface area contributed by atoms with Crippen LogP contribution >= 0.6 is 54.5 Å². The third kappa shape index (κ3) is 7.85. The summed E-state index contributed by atoms with van der Waals surface area (Å²) in [7, 11) is 0. The number of fused-ring (bicyclic) bond motifs is 2. The van der Waals surface area contributed by atoms with E-state index in [1.54, 1.807) is 0 Å². The zero-order valence-electron chi connectivity index (χ0n) is 24.2. The van der Waals surface area contributed by atoms with Crippen molar-refractivity contribution in [2.24, 2.45) is 0 Å². The van der Waals surface area contributed by atoms with E-state index in [9.17, 15) is 0 Å². The summed E-state index contributed by atoms with van der Waals surface area (Å²) in [5.74, 6) is 0. The van der Waals surface area contributed by atoms with Crippen molar-refractivity contribution in [3.63, 3.8) is 0 Å². The van der Waals surface area contributed by atoms with Gasteiger partial charge >= 0.3 is 0 Å². The van der Waals surface area contributed by atoms with Crippen LogP contribution in [0.4, 0.5) is 0 Å². The van der Waals surface area contributed by atoms with Crippen molar-refractivity contribution in [3.05, 3.63) is 176 Å². The van der Waals surface area contributed by atoms with Gasteiger partial charge in [0.05, 0.1) is 5.69 Å². The van der Waals surface area contributed by atoms with Gasteiger partial charge in [0.15, 0.2) is 0 Å². The maximum Gasteiger partial charge on any atom is 0.0544 e. The second kappa shape index (κ2) is 14.9. The summed E-state index contributed by atoms with van der Waals surface area (Å²) in [6.07, 6.45) is 0. The van der Waals surface area contributed by atoms with Crippen LogP contribution in [0.2, 0.25) is 0 Å². The molecule has 0 aliphatic rings. The van der Waals surface area contributed by atoms with Gasteiger partial charge in [0.25, 0.3) is 0 Å². The molecule has 8 rings (SSSR count). The number of H-pyrrole nitrogens is 2. The predicted molar refractivity (Wildman–Crippen MR) is 207 cm³/mol. The molecule has 0 spiro atoms. The first kappa shape index (κ1) is 31.1. The molecule has 8 aromatic rings. The predicted octanol–water partition coefficient (Wildman–Crippen LogP) is 13.2. The molecular formula is C40H29Br2IN2. The molecule has 0 saturated heterocycles. The van der Waals surface area contributed by atoms with Gasteiger partial charge < -0.3 is 9.97 Å². The highest BCUT2D eigenvalue weighted by Gasteiger charge is 2.15. The number of hydrogen-bond acceptors (Lipinski definition) is 0. The second-order valence-corrected chi connectivity index (χ2v) is 13.5. The Morgan fingerprint density at radius 1 is 0.444 bits per heavy atom. The molecule has 0 fully saturated rings. The molecule has 0 aliphatic carbocycles. The molecule has 220 valence electrons. The summed E-state index contributed by atoms with van der Waals surface area (Å²) in [5, 5.41) is 2.47. The number of benzene rings is 6. The molecule has 45 heavy (non-hydrogen) atoms. The number of halogens is 3. The number of rotatable bonds is 3. The van der Waals surface area contributed by atoms with Crippen LogP contribution < -0.4 is 0 Å². The number of hydrogen-bond donors (Lipinski definition) is 2. The van der Waals surface area contributed by atoms with Crippen molar-refractivity contribution in [2.75, 3.05) is 0 Å². The van der Waals surface area contributed by atoms with Crippen molar-refractivity contribution in [1.82, 2.24) is 9.97 Å². The molecule has 2 nitrogen and oxygen atoms in total. The molecule has 6 aromatic carbocycles. The highest BCUT2D eigenvalue weighted by atomic mass is 127. The third-order valence-electron chi connectivity index (χ3n) is 7.29. The van der Waals surface area contributed by atoms with Gasteiger partial charge in [-0.25, -0.2) is 0 Å².